The van der Waals surface area contributed by atoms with E-state index >= 15 is 0 Å². The second kappa shape index (κ2) is 11.3. The van der Waals surface area contributed by atoms with Crippen LogP contribution in [0, 0.1) is 0 Å². The monoisotopic (exact) mass is 910 g/mol. The van der Waals surface area contributed by atoms with Crippen LogP contribution >= 0.6 is 87.7 Å². The molecule has 210 valence electrons. The fourth-order valence-electron chi connectivity index (χ4n) is 7.48. The Hall–Kier alpha value is -0.810. The number of aliphatic hydroxyl groups is 2. The number of halogens is 5. The molecule has 4 aliphatic rings. The molecule has 0 heterocycles. The molecule has 7 heteroatoms. The minimum Gasteiger partial charge on any atom is -0.390 e. The zero-order valence-electron chi connectivity index (χ0n) is 21.9. The van der Waals surface area contributed by atoms with Gasteiger partial charge in [-0.2, -0.15) is 0 Å². The van der Waals surface area contributed by atoms with Crippen LogP contribution in [0.15, 0.2) is 103 Å². The van der Waals surface area contributed by atoms with Gasteiger partial charge in [0.1, 0.15) is 0 Å². The summed E-state index contributed by atoms with van der Waals surface area (Å²) < 4.78 is 4.40. The van der Waals surface area contributed by atoms with Gasteiger partial charge in [-0.1, -0.05) is 100 Å². The van der Waals surface area contributed by atoms with Gasteiger partial charge in [0.15, 0.2) is 0 Å². The van der Waals surface area contributed by atoms with Gasteiger partial charge in [-0.15, -0.1) is 24.0 Å². The lowest BCUT2D eigenvalue weighted by Gasteiger charge is -2.26. The number of aliphatic hydroxyl groups excluding tert-OH is 2. The summed E-state index contributed by atoms with van der Waals surface area (Å²) in [5.74, 6) is 0. The third kappa shape index (κ3) is 4.81. The van der Waals surface area contributed by atoms with E-state index in [1.807, 2.05) is 12.1 Å². The van der Waals surface area contributed by atoms with E-state index in [2.05, 4.69) is 137 Å². The minimum absolute atomic E-state index is 0. The van der Waals surface area contributed by atoms with Crippen molar-refractivity contribution in [3.8, 4) is 22.3 Å². The van der Waals surface area contributed by atoms with Gasteiger partial charge >= 0.3 is 0 Å². The van der Waals surface area contributed by atoms with Crippen LogP contribution in [0.4, 0.5) is 0 Å². The largest absolute Gasteiger partial charge is 0.390 e. The van der Waals surface area contributed by atoms with E-state index in [0.717, 1.165) is 21.8 Å². The molecule has 2 N–H and O–H groups in total. The summed E-state index contributed by atoms with van der Waals surface area (Å²) in [6.07, 6.45) is 6.67. The van der Waals surface area contributed by atoms with Crippen molar-refractivity contribution in [2.75, 3.05) is 0 Å². The quantitative estimate of drug-likeness (QED) is 0.136. The summed E-state index contributed by atoms with van der Waals surface area (Å²) in [5.41, 5.74) is 10.5. The number of allylic oxidation sites excluding steroid dienone is 2. The summed E-state index contributed by atoms with van der Waals surface area (Å²) in [5, 5.41) is 20.3. The van der Waals surface area contributed by atoms with Crippen molar-refractivity contribution in [2.45, 2.75) is 48.7 Å². The highest BCUT2D eigenvalue weighted by atomic mass is 127. The second-order valence-corrected chi connectivity index (χ2v) is 15.0. The van der Waals surface area contributed by atoms with E-state index in [9.17, 15) is 10.2 Å². The van der Waals surface area contributed by atoms with Crippen LogP contribution in [0.1, 0.15) is 47.9 Å². The predicted molar refractivity (Wildman–Crippen MR) is 191 cm³/mol. The molecule has 4 aliphatic carbocycles. The van der Waals surface area contributed by atoms with Gasteiger partial charge < -0.3 is 10.2 Å². The van der Waals surface area contributed by atoms with Gasteiger partial charge in [0, 0.05) is 28.7 Å². The van der Waals surface area contributed by atoms with E-state index < -0.39 is 12.2 Å². The van der Waals surface area contributed by atoms with Gasteiger partial charge in [0.05, 0.1) is 12.2 Å². The number of fused-ring (bicyclic) bond motifs is 10. The zero-order valence-corrected chi connectivity index (χ0v) is 30.6. The third-order valence-electron chi connectivity index (χ3n) is 9.23. The highest BCUT2D eigenvalue weighted by molar-refractivity contribution is 14.0. The molecule has 0 amide bonds. The van der Waals surface area contributed by atoms with Crippen molar-refractivity contribution in [3.63, 3.8) is 0 Å². The molecule has 2 atom stereocenters. The zero-order chi connectivity index (χ0) is 27.8. The Morgan fingerprint density at radius 1 is 0.488 bits per heavy atom. The van der Waals surface area contributed by atoms with Crippen molar-refractivity contribution < 1.29 is 10.2 Å². The molecule has 0 saturated heterocycles. The molecule has 0 bridgehead atoms. The molecule has 1 fully saturated rings. The Balaban J connectivity index is 0.000000145. The van der Waals surface area contributed by atoms with E-state index in [1.54, 1.807) is 0 Å². The number of hydrogen-bond acceptors (Lipinski definition) is 2. The molecule has 0 unspecified atom stereocenters. The van der Waals surface area contributed by atoms with Crippen LogP contribution in [0.25, 0.3) is 22.3 Å². The maximum Gasteiger partial charge on any atom is 0.0811 e. The lowest BCUT2D eigenvalue weighted by atomic mass is 9.76. The molecule has 4 aromatic rings. The van der Waals surface area contributed by atoms with Crippen LogP contribution in [-0.4, -0.2) is 22.4 Å². The summed E-state index contributed by atoms with van der Waals surface area (Å²) in [6.45, 7) is 0. The van der Waals surface area contributed by atoms with Crippen molar-refractivity contribution in [1.82, 2.24) is 0 Å². The summed E-state index contributed by atoms with van der Waals surface area (Å²) in [7, 11) is 0. The van der Waals surface area contributed by atoms with E-state index in [4.69, 9.17) is 0 Å². The van der Waals surface area contributed by atoms with Crippen LogP contribution in [0.5, 0.6) is 0 Å². The smallest absolute Gasteiger partial charge is 0.0811 e. The summed E-state index contributed by atoms with van der Waals surface area (Å²) in [6, 6.07) is 26.0. The Kier molecular flexibility index (Phi) is 8.31. The molecule has 1 saturated carbocycles. The van der Waals surface area contributed by atoms with Gasteiger partial charge in [-0.25, -0.2) is 0 Å². The van der Waals surface area contributed by atoms with Crippen LogP contribution in [-0.2, 0) is 10.8 Å². The van der Waals surface area contributed by atoms with Gasteiger partial charge in [0.2, 0.25) is 0 Å². The topological polar surface area (TPSA) is 40.5 Å². The molecule has 8 rings (SSSR count). The molecule has 2 spiro atoms. The Labute approximate surface area is 291 Å². The molecule has 41 heavy (non-hydrogen) atoms. The second-order valence-electron chi connectivity index (χ2n) is 11.3. The van der Waals surface area contributed by atoms with Gasteiger partial charge in [-0.3, -0.25) is 0 Å². The maximum absolute atomic E-state index is 10.1. The average molecular weight is 914 g/mol. The normalized spacial score (nSPS) is 21.1. The molecular weight excluding hydrogens is 887 g/mol. The van der Waals surface area contributed by atoms with Gasteiger partial charge in [0.25, 0.3) is 0 Å². The predicted octanol–water partition coefficient (Wildman–Crippen LogP) is 10.4. The average Bonchev–Trinajstić information content (AvgIpc) is 3.66. The lowest BCUT2D eigenvalue weighted by Crippen LogP contribution is -2.22. The molecule has 0 aliphatic heterocycles. The Morgan fingerprint density at radius 2 is 0.780 bits per heavy atom. The Bertz CT molecular complexity index is 1590. The van der Waals surface area contributed by atoms with E-state index in [1.165, 1.54) is 53.5 Å². The van der Waals surface area contributed by atoms with Crippen LogP contribution < -0.4 is 0 Å². The van der Waals surface area contributed by atoms with Crippen LogP contribution in [0.3, 0.4) is 0 Å². The van der Waals surface area contributed by atoms with Crippen molar-refractivity contribution in [2.24, 2.45) is 0 Å². The molecule has 4 aromatic carbocycles. The fraction of sp³-hybridized carbons (Fsp3) is 0.235. The number of benzene rings is 4. The Morgan fingerprint density at radius 3 is 1.10 bits per heavy atom. The standard InChI is InChI=1S/C17H14Br2O2.C17H12Br2.HI/c18-9-1-3-11-12-4-2-10(19)6-14(12)17(13(11)5-9)7-15(20)16(21)8-17;18-11-3-5-13-14-6-4-12(19)10-16(14)17(15(13)9-11)7-1-2-8-17;/h1-6,15-16,20-21H,7-8H2;1-6,9-10H,7-8H2;1H/t15-,16+;;. The SMILES string of the molecule is Brc1ccc2c(c1)C1(CC=CC1)c1cc(Br)ccc1-2.I.O[C@@H]1CC2(C[C@@H]1O)c1cc(Br)ccc1-c1ccc(Br)cc12. The van der Waals surface area contributed by atoms with Crippen LogP contribution in [0.2, 0.25) is 0 Å². The van der Waals surface area contributed by atoms with Crippen molar-refractivity contribution in [1.29, 1.82) is 0 Å². The van der Waals surface area contributed by atoms with E-state index in [0.29, 0.717) is 12.8 Å². The lowest BCUT2D eigenvalue weighted by molar-refractivity contribution is 0.0438. The first-order valence-corrected chi connectivity index (χ1v) is 16.6. The highest BCUT2D eigenvalue weighted by Gasteiger charge is 2.51. The third-order valence-corrected chi connectivity index (χ3v) is 11.2. The first kappa shape index (κ1) is 30.2. The first-order valence-electron chi connectivity index (χ1n) is 13.4. The molecule has 0 radical (unpaired) electrons. The number of hydrogen-bond donors (Lipinski definition) is 2. The fourth-order valence-corrected chi connectivity index (χ4v) is 8.93. The maximum atomic E-state index is 10.1. The van der Waals surface area contributed by atoms with Gasteiger partial charge in [-0.05, 0) is 119 Å². The molecular formula is C34H27Br4IO2. The van der Waals surface area contributed by atoms with E-state index in [-0.39, 0.29) is 34.8 Å². The molecule has 0 aromatic heterocycles. The highest BCUT2D eigenvalue weighted by Crippen LogP contribution is 2.58. The summed E-state index contributed by atoms with van der Waals surface area (Å²) in [4.78, 5) is 0. The first-order chi connectivity index (χ1) is 19.2. The molecule has 2 nitrogen and oxygen atoms in total. The van der Waals surface area contributed by atoms with Crippen molar-refractivity contribution in [3.05, 3.63) is 125 Å². The minimum atomic E-state index is -0.665. The van der Waals surface area contributed by atoms with Crippen molar-refractivity contribution >= 4 is 87.7 Å². The number of rotatable bonds is 0. The summed E-state index contributed by atoms with van der Waals surface area (Å²) >= 11 is 14.4.